The number of fused-ring (bicyclic) bond motifs is 4. The number of carboxylic acids is 1. The number of aldehydes is 1. The van der Waals surface area contributed by atoms with Gasteiger partial charge in [0, 0.05) is 57.4 Å². The molecule has 5 N–H and O–H groups in total. The van der Waals surface area contributed by atoms with E-state index in [4.69, 9.17) is 20.1 Å². The molecule has 436 valence electrons. The van der Waals surface area contributed by atoms with Crippen LogP contribution in [0.2, 0.25) is 0 Å². The third kappa shape index (κ3) is 16.2. The summed E-state index contributed by atoms with van der Waals surface area (Å²) in [6.45, 7) is 16.0. The Balaban J connectivity index is 0.000000227. The molecule has 0 radical (unpaired) electrons. The highest BCUT2D eigenvalue weighted by Gasteiger charge is 2.26. The summed E-state index contributed by atoms with van der Waals surface area (Å²) < 4.78 is 75.6. The van der Waals surface area contributed by atoms with E-state index in [0.717, 1.165) is 56.6 Å². The van der Waals surface area contributed by atoms with Gasteiger partial charge in [-0.05, 0) is 161 Å². The van der Waals surface area contributed by atoms with E-state index in [-0.39, 0.29) is 67.4 Å². The van der Waals surface area contributed by atoms with Gasteiger partial charge in [0.05, 0.1) is 35.5 Å². The lowest BCUT2D eigenvalue weighted by molar-refractivity contribution is -0.138. The number of aryl methyl sites for hydroxylation is 6. The summed E-state index contributed by atoms with van der Waals surface area (Å²) in [7, 11) is 0. The molecule has 17 nitrogen and oxygen atoms in total. The van der Waals surface area contributed by atoms with E-state index in [1.165, 1.54) is 54.6 Å². The number of rotatable bonds is 9. The van der Waals surface area contributed by atoms with Crippen LogP contribution in [0.3, 0.4) is 0 Å². The van der Waals surface area contributed by atoms with E-state index in [1.807, 2.05) is 20.8 Å². The highest BCUT2D eigenvalue weighted by atomic mass is 19.1. The number of aromatic nitrogens is 5. The molecule has 0 spiro atoms. The molecule has 0 atom stereocenters. The lowest BCUT2D eigenvalue weighted by Gasteiger charge is -2.26. The van der Waals surface area contributed by atoms with Crippen LogP contribution in [-0.4, -0.2) is 85.0 Å². The fourth-order valence-electron chi connectivity index (χ4n) is 8.33. The number of azide groups is 1. The Hall–Kier alpha value is -9.82. The number of nitrogens with zero attached hydrogens (tertiary/aromatic N) is 5. The molecule has 0 fully saturated rings. The van der Waals surface area contributed by atoms with E-state index in [1.54, 1.807) is 82.0 Å². The van der Waals surface area contributed by atoms with Crippen molar-refractivity contribution in [1.29, 1.82) is 0 Å². The number of benzene rings is 5. The van der Waals surface area contributed by atoms with Crippen molar-refractivity contribution in [1.82, 2.24) is 30.0 Å². The predicted molar refractivity (Wildman–Crippen MR) is 309 cm³/mol. The topological polar surface area (TPSA) is 252 Å². The van der Waals surface area contributed by atoms with Gasteiger partial charge < -0.3 is 34.4 Å². The molecule has 9 aromatic rings. The molecule has 1 aliphatic rings. The van der Waals surface area contributed by atoms with Crippen molar-refractivity contribution in [2.75, 3.05) is 19.8 Å². The highest BCUT2D eigenvalue weighted by Crippen LogP contribution is 2.27. The van der Waals surface area contributed by atoms with Gasteiger partial charge in [0.15, 0.2) is 0 Å². The summed E-state index contributed by atoms with van der Waals surface area (Å²) in [5.41, 5.74) is 18.2. The second-order valence-corrected chi connectivity index (χ2v) is 18.3. The number of nitrogens with one attached hydrogen (secondary N) is 4. The number of hydrogen-bond acceptors (Lipinski definition) is 9. The summed E-state index contributed by atoms with van der Waals surface area (Å²) in [5.74, 6) is -4.32. The molecular formula is C61H64F5N9O8. The second kappa shape index (κ2) is 29.6. The number of carboxylic acid groups (broad SMARTS) is 1. The summed E-state index contributed by atoms with van der Waals surface area (Å²) in [6.07, 6.45) is 2.69. The minimum absolute atomic E-state index is 0. The van der Waals surface area contributed by atoms with Gasteiger partial charge in [-0.15, -0.1) is 0 Å². The maximum absolute atomic E-state index is 13.9. The molecule has 0 aliphatic carbocycles. The SMILES string of the molecule is C.C.CCOC(=O)/C(=C/c1cc(F)ccc1C)N=[N+]=[N-].CCOC(=O)c1cc2c(C)ccc(F)c2[nH]1.Cc1[nH]nc2c1CN(C(=O)c1cc3c(C)ccc(F)c3[nH]1)CC2.Cc1ccc(F)c2[nH]c(C(=O)O)cc12.Cc1ccc(F)cc1C=O. The normalized spacial score (nSPS) is 11.3. The fourth-order valence-corrected chi connectivity index (χ4v) is 8.33. The quantitative estimate of drug-likeness (QED) is 0.0175. The van der Waals surface area contributed by atoms with Gasteiger partial charge in [-0.25, -0.2) is 36.3 Å². The first-order valence-electron chi connectivity index (χ1n) is 25.1. The minimum atomic E-state index is -1.08. The first kappa shape index (κ1) is 65.7. The van der Waals surface area contributed by atoms with Gasteiger partial charge >= 0.3 is 17.9 Å². The molecule has 10 rings (SSSR count). The van der Waals surface area contributed by atoms with Gasteiger partial charge in [0.2, 0.25) is 0 Å². The van der Waals surface area contributed by atoms with Crippen LogP contribution >= 0.6 is 0 Å². The van der Waals surface area contributed by atoms with Crippen molar-refractivity contribution < 1.29 is 60.5 Å². The van der Waals surface area contributed by atoms with Crippen LogP contribution in [0.15, 0.2) is 102 Å². The number of halogens is 5. The van der Waals surface area contributed by atoms with Gasteiger partial charge in [-0.1, -0.05) is 50.3 Å². The number of carbonyl (C=O) groups excluding carboxylic acids is 4. The van der Waals surface area contributed by atoms with Crippen LogP contribution in [0.5, 0.6) is 0 Å². The number of amides is 1. The molecule has 83 heavy (non-hydrogen) atoms. The number of hydrogen-bond donors (Lipinski definition) is 5. The molecule has 4 aromatic heterocycles. The number of H-pyrrole nitrogens is 4. The number of aromatic carboxylic acids is 1. The Morgan fingerprint density at radius 1 is 0.663 bits per heavy atom. The molecule has 5 aromatic carbocycles. The Morgan fingerprint density at radius 2 is 1.12 bits per heavy atom. The van der Waals surface area contributed by atoms with Crippen LogP contribution in [0.4, 0.5) is 22.0 Å². The van der Waals surface area contributed by atoms with E-state index >= 15 is 0 Å². The first-order valence-corrected chi connectivity index (χ1v) is 25.1. The number of esters is 2. The molecular weight excluding hydrogens is 1080 g/mol. The monoisotopic (exact) mass is 1150 g/mol. The van der Waals surface area contributed by atoms with Crippen LogP contribution in [0, 0.1) is 70.6 Å². The Labute approximate surface area is 475 Å². The predicted octanol–water partition coefficient (Wildman–Crippen LogP) is 14.5. The Kier molecular flexibility index (Phi) is 23.4. The lowest BCUT2D eigenvalue weighted by Crippen LogP contribution is -2.36. The molecule has 22 heteroatoms. The van der Waals surface area contributed by atoms with Crippen molar-refractivity contribution in [3.63, 3.8) is 0 Å². The zero-order valence-electron chi connectivity index (χ0n) is 45.3. The molecule has 0 bridgehead atoms. The van der Waals surface area contributed by atoms with Gasteiger partial charge in [-0.2, -0.15) is 5.10 Å². The second-order valence-electron chi connectivity index (χ2n) is 18.3. The number of carbonyl (C=O) groups is 5. The largest absolute Gasteiger partial charge is 0.477 e. The van der Waals surface area contributed by atoms with E-state index in [2.05, 4.69) is 35.2 Å². The number of ether oxygens (including phenoxy) is 2. The van der Waals surface area contributed by atoms with E-state index in [0.29, 0.717) is 64.6 Å². The summed E-state index contributed by atoms with van der Waals surface area (Å²) in [6, 6.07) is 22.2. The van der Waals surface area contributed by atoms with Crippen molar-refractivity contribution in [2.45, 2.75) is 83.2 Å². The Bertz CT molecular complexity index is 3790. The smallest absolute Gasteiger partial charge is 0.354 e. The highest BCUT2D eigenvalue weighted by molar-refractivity contribution is 6.00. The fraction of sp³-hybridized carbons (Fsp3) is 0.246. The summed E-state index contributed by atoms with van der Waals surface area (Å²) >= 11 is 0. The third-order valence-electron chi connectivity index (χ3n) is 12.8. The summed E-state index contributed by atoms with van der Waals surface area (Å²) in [5, 5.41) is 21.3. The summed E-state index contributed by atoms with van der Waals surface area (Å²) in [4.78, 5) is 69.1. The van der Waals surface area contributed by atoms with Gasteiger partial charge in [0.25, 0.3) is 5.91 Å². The molecule has 1 amide bonds. The van der Waals surface area contributed by atoms with Crippen molar-refractivity contribution >= 4 is 68.9 Å². The molecule has 5 heterocycles. The van der Waals surface area contributed by atoms with E-state index < -0.39 is 29.5 Å². The average Bonchev–Trinajstić information content (AvgIpc) is 4.49. The van der Waals surface area contributed by atoms with Crippen molar-refractivity contribution in [3.05, 3.63) is 209 Å². The van der Waals surface area contributed by atoms with Gasteiger partial charge in [0.1, 0.15) is 58.2 Å². The average molecular weight is 1150 g/mol. The zero-order chi connectivity index (χ0) is 59.2. The van der Waals surface area contributed by atoms with Crippen LogP contribution in [-0.2, 0) is 27.2 Å². The zero-order valence-corrected chi connectivity index (χ0v) is 45.3. The maximum atomic E-state index is 13.9. The van der Waals surface area contributed by atoms with Crippen LogP contribution < -0.4 is 0 Å². The minimum Gasteiger partial charge on any atom is -0.477 e. The van der Waals surface area contributed by atoms with Crippen LogP contribution in [0.1, 0.15) is 121 Å². The first-order chi connectivity index (χ1) is 38.6. The van der Waals surface area contributed by atoms with Crippen molar-refractivity contribution in [2.24, 2.45) is 5.11 Å². The molecule has 1 aliphatic heterocycles. The third-order valence-corrected chi connectivity index (χ3v) is 12.8. The maximum Gasteiger partial charge on any atom is 0.354 e. The Morgan fingerprint density at radius 3 is 1.59 bits per heavy atom. The van der Waals surface area contributed by atoms with Crippen molar-refractivity contribution in [3.8, 4) is 0 Å². The lowest BCUT2D eigenvalue weighted by atomic mass is 10.1. The standard InChI is InChI=1S/C17H17FN4O.C12H12FN3O2.C12H12FNO2.C10H8FNO2.C8H7FO.2CH4/c1-9-3-4-13(18)16-11(9)7-15(19-16)17(23)22-6-5-14-12(8-22)10(2)20-21-14;1-3-18-12(17)11(15-16-14)7-9-6-10(13)5-4-8(9)2;1-3-16-12(15)10-6-8-7(2)4-5-9(13)11(8)14-10;1-5-2-3-7(11)9-6(5)4-8(12-9)10(13)14;1-6-2-3-8(9)4-7(6)5-10;;/h3-4,7,19H,5-6,8H2,1-2H3,(H,20,21);4-7H,3H2,1-2H3;4-6,14H,3H2,1-2H3;2-4,12H,1H3,(H,13,14);2-5H,1H3;2*1H4/b;11-7-;;;;;. The van der Waals surface area contributed by atoms with Gasteiger partial charge in [-0.3, -0.25) is 14.7 Å². The van der Waals surface area contributed by atoms with Crippen LogP contribution in [0.25, 0.3) is 49.2 Å². The molecule has 0 saturated heterocycles. The molecule has 0 saturated carbocycles. The van der Waals surface area contributed by atoms with E-state index in [9.17, 15) is 45.9 Å². The number of aromatic amines is 4. The molecule has 0 unspecified atom stereocenters.